The quantitative estimate of drug-likeness (QED) is 0.907. The molecular weight excluding hydrogens is 258 g/mol. The number of rotatable bonds is 3. The van der Waals surface area contributed by atoms with Gasteiger partial charge in [0.1, 0.15) is 12.2 Å². The summed E-state index contributed by atoms with van der Waals surface area (Å²) in [5.74, 6) is -1.10. The number of hydrogen-bond acceptors (Lipinski definition) is 4. The van der Waals surface area contributed by atoms with E-state index in [4.69, 9.17) is 9.47 Å². The van der Waals surface area contributed by atoms with Crippen LogP contribution in [0.1, 0.15) is 25.5 Å². The maximum atomic E-state index is 12.2. The zero-order valence-corrected chi connectivity index (χ0v) is 12.2. The van der Waals surface area contributed by atoms with E-state index in [0.717, 1.165) is 0 Å². The number of benzene rings is 1. The van der Waals surface area contributed by atoms with Crippen molar-refractivity contribution in [2.75, 3.05) is 14.1 Å². The van der Waals surface area contributed by atoms with Gasteiger partial charge in [0.2, 0.25) is 0 Å². The molecular formula is C15H21NO4. The molecule has 0 saturated carbocycles. The molecule has 110 valence electrons. The summed E-state index contributed by atoms with van der Waals surface area (Å²) in [5.41, 5.74) is 0.704. The van der Waals surface area contributed by atoms with Gasteiger partial charge >= 0.3 is 0 Å². The minimum absolute atomic E-state index is 0.212. The first kappa shape index (κ1) is 15.0. The summed E-state index contributed by atoms with van der Waals surface area (Å²) in [6.07, 6.45) is -2.44. The number of amides is 1. The maximum Gasteiger partial charge on any atom is 0.254 e. The fourth-order valence-corrected chi connectivity index (χ4v) is 2.31. The molecule has 1 aliphatic rings. The molecule has 1 saturated heterocycles. The molecule has 1 N–H and O–H groups in total. The lowest BCUT2D eigenvalue weighted by atomic mass is 10.00. The number of carbonyl (C=O) groups is 1. The zero-order chi connectivity index (χ0) is 14.9. The molecule has 0 aliphatic carbocycles. The molecule has 0 aromatic heterocycles. The monoisotopic (exact) mass is 279 g/mol. The summed E-state index contributed by atoms with van der Waals surface area (Å²) in [5, 5.41) is 10.5. The highest BCUT2D eigenvalue weighted by atomic mass is 16.8. The van der Waals surface area contributed by atoms with E-state index in [2.05, 4.69) is 0 Å². The van der Waals surface area contributed by atoms with Gasteiger partial charge in [-0.05, 0) is 19.4 Å². The van der Waals surface area contributed by atoms with Gasteiger partial charge in [0.15, 0.2) is 11.9 Å². The standard InChI is InChI=1S/C15H21NO4/c1-15(2)19-12(13(20-15)14(18)16(3)4)11(17)10-8-6-5-7-9-10/h5-9,11-13,17H,1-4H3/t11-,12-,13+/m1/s1. The zero-order valence-electron chi connectivity index (χ0n) is 12.2. The summed E-state index contributed by atoms with van der Waals surface area (Å²) in [6.45, 7) is 3.47. The highest BCUT2D eigenvalue weighted by Gasteiger charge is 2.49. The Kier molecular flexibility index (Phi) is 4.13. The minimum atomic E-state index is -0.910. The van der Waals surface area contributed by atoms with Gasteiger partial charge in [0, 0.05) is 14.1 Å². The normalized spacial score (nSPS) is 26.2. The summed E-state index contributed by atoms with van der Waals surface area (Å²) in [4.78, 5) is 13.6. The minimum Gasteiger partial charge on any atom is -0.386 e. The topological polar surface area (TPSA) is 59.0 Å². The van der Waals surface area contributed by atoms with Crippen molar-refractivity contribution in [3.05, 3.63) is 35.9 Å². The van der Waals surface area contributed by atoms with Crippen LogP contribution in [-0.4, -0.2) is 48.0 Å². The molecule has 1 aromatic carbocycles. The van der Waals surface area contributed by atoms with E-state index in [1.807, 2.05) is 18.2 Å². The SMILES string of the molecule is CN(C)C(=O)[C@H]1OC(C)(C)O[C@@H]1[C@H](O)c1ccccc1. The first-order valence-electron chi connectivity index (χ1n) is 6.61. The molecule has 1 aliphatic heterocycles. The molecule has 1 heterocycles. The Balaban J connectivity index is 2.25. The average molecular weight is 279 g/mol. The van der Waals surface area contributed by atoms with Crippen LogP contribution in [0.3, 0.4) is 0 Å². The van der Waals surface area contributed by atoms with E-state index in [0.29, 0.717) is 5.56 Å². The van der Waals surface area contributed by atoms with Crippen molar-refractivity contribution in [1.82, 2.24) is 4.90 Å². The molecule has 5 heteroatoms. The Morgan fingerprint density at radius 3 is 2.40 bits per heavy atom. The van der Waals surface area contributed by atoms with Crippen molar-refractivity contribution in [3.63, 3.8) is 0 Å². The number of hydrogen-bond donors (Lipinski definition) is 1. The van der Waals surface area contributed by atoms with Crippen molar-refractivity contribution >= 4 is 5.91 Å². The van der Waals surface area contributed by atoms with Gasteiger partial charge in [-0.25, -0.2) is 0 Å². The lowest BCUT2D eigenvalue weighted by Gasteiger charge is -2.24. The molecule has 2 rings (SSSR count). The van der Waals surface area contributed by atoms with Crippen molar-refractivity contribution in [3.8, 4) is 0 Å². The van der Waals surface area contributed by atoms with Crippen molar-refractivity contribution < 1.29 is 19.4 Å². The van der Waals surface area contributed by atoms with Crippen molar-refractivity contribution in [2.45, 2.75) is 37.9 Å². The fourth-order valence-electron chi connectivity index (χ4n) is 2.31. The lowest BCUT2D eigenvalue weighted by Crippen LogP contribution is -2.42. The lowest BCUT2D eigenvalue weighted by molar-refractivity contribution is -0.163. The van der Waals surface area contributed by atoms with Crippen LogP contribution in [0.15, 0.2) is 30.3 Å². The van der Waals surface area contributed by atoms with Gasteiger partial charge in [0.25, 0.3) is 5.91 Å². The third kappa shape index (κ3) is 3.00. The molecule has 1 aromatic rings. The fraction of sp³-hybridized carbons (Fsp3) is 0.533. The molecule has 0 bridgehead atoms. The predicted octanol–water partition coefficient (Wildman–Crippen LogP) is 1.33. The van der Waals surface area contributed by atoms with Gasteiger partial charge in [-0.1, -0.05) is 30.3 Å². The van der Waals surface area contributed by atoms with Crippen molar-refractivity contribution in [2.24, 2.45) is 0 Å². The molecule has 20 heavy (non-hydrogen) atoms. The smallest absolute Gasteiger partial charge is 0.254 e. The van der Waals surface area contributed by atoms with E-state index in [1.165, 1.54) is 4.90 Å². The Bertz CT molecular complexity index is 472. The number of carbonyl (C=O) groups excluding carboxylic acids is 1. The van der Waals surface area contributed by atoms with E-state index >= 15 is 0 Å². The molecule has 0 unspecified atom stereocenters. The number of nitrogens with zero attached hydrogens (tertiary/aromatic N) is 1. The Morgan fingerprint density at radius 1 is 1.25 bits per heavy atom. The van der Waals surface area contributed by atoms with Crippen LogP contribution in [0, 0.1) is 0 Å². The first-order valence-corrected chi connectivity index (χ1v) is 6.61. The van der Waals surface area contributed by atoms with Crippen LogP contribution >= 0.6 is 0 Å². The molecule has 3 atom stereocenters. The van der Waals surface area contributed by atoms with E-state index in [9.17, 15) is 9.90 Å². The Hall–Kier alpha value is -1.43. The summed E-state index contributed by atoms with van der Waals surface area (Å²) >= 11 is 0. The van der Waals surface area contributed by atoms with Gasteiger partial charge in [0.05, 0.1) is 0 Å². The molecule has 0 radical (unpaired) electrons. The summed E-state index contributed by atoms with van der Waals surface area (Å²) < 4.78 is 11.4. The first-order chi connectivity index (χ1) is 9.32. The van der Waals surface area contributed by atoms with Crippen LogP contribution in [0.4, 0.5) is 0 Å². The summed E-state index contributed by atoms with van der Waals surface area (Å²) in [7, 11) is 3.31. The van der Waals surface area contributed by atoms with Crippen LogP contribution < -0.4 is 0 Å². The average Bonchev–Trinajstić information content (AvgIpc) is 2.74. The van der Waals surface area contributed by atoms with E-state index in [-0.39, 0.29) is 5.91 Å². The number of aliphatic hydroxyl groups is 1. The summed E-state index contributed by atoms with van der Waals surface area (Å²) in [6, 6.07) is 9.15. The Labute approximate surface area is 119 Å². The van der Waals surface area contributed by atoms with E-state index < -0.39 is 24.1 Å². The molecule has 1 amide bonds. The Morgan fingerprint density at radius 2 is 1.85 bits per heavy atom. The molecule has 1 fully saturated rings. The van der Waals surface area contributed by atoms with Crippen molar-refractivity contribution in [1.29, 1.82) is 0 Å². The van der Waals surface area contributed by atoms with Crippen LogP contribution in [0.2, 0.25) is 0 Å². The second kappa shape index (κ2) is 5.52. The third-order valence-corrected chi connectivity index (χ3v) is 3.27. The number of likely N-dealkylation sites (N-methyl/N-ethyl adjacent to an activating group) is 1. The van der Waals surface area contributed by atoms with Crippen LogP contribution in [0.25, 0.3) is 0 Å². The number of ether oxygens (including phenoxy) is 2. The van der Waals surface area contributed by atoms with E-state index in [1.54, 1.807) is 40.1 Å². The highest BCUT2D eigenvalue weighted by molar-refractivity contribution is 5.81. The molecule has 5 nitrogen and oxygen atoms in total. The third-order valence-electron chi connectivity index (χ3n) is 3.27. The number of aliphatic hydroxyl groups excluding tert-OH is 1. The predicted molar refractivity (Wildman–Crippen MR) is 73.9 cm³/mol. The second-order valence-corrected chi connectivity index (χ2v) is 5.61. The van der Waals surface area contributed by atoms with Gasteiger partial charge in [-0.3, -0.25) is 4.79 Å². The van der Waals surface area contributed by atoms with Crippen LogP contribution in [0.5, 0.6) is 0 Å². The molecule has 0 spiro atoms. The van der Waals surface area contributed by atoms with Crippen LogP contribution in [-0.2, 0) is 14.3 Å². The van der Waals surface area contributed by atoms with Gasteiger partial charge in [-0.2, -0.15) is 0 Å². The highest BCUT2D eigenvalue weighted by Crippen LogP contribution is 2.35. The van der Waals surface area contributed by atoms with Gasteiger partial charge < -0.3 is 19.5 Å². The second-order valence-electron chi connectivity index (χ2n) is 5.61. The van der Waals surface area contributed by atoms with Gasteiger partial charge in [-0.15, -0.1) is 0 Å². The largest absolute Gasteiger partial charge is 0.386 e. The maximum absolute atomic E-state index is 12.2.